The molecule has 1 N–H and O–H groups in total. The molecule has 0 saturated heterocycles. The monoisotopic (exact) mass is 367 g/mol. The molecule has 2 saturated carbocycles. The van der Waals surface area contributed by atoms with Gasteiger partial charge in [-0.15, -0.1) is 0 Å². The zero-order valence-electron chi connectivity index (χ0n) is 15.4. The highest BCUT2D eigenvalue weighted by Gasteiger charge is 2.33. The summed E-state index contributed by atoms with van der Waals surface area (Å²) in [6.45, 7) is 1.80. The van der Waals surface area contributed by atoms with Crippen molar-refractivity contribution in [2.75, 3.05) is 0 Å². The summed E-state index contributed by atoms with van der Waals surface area (Å²) in [6.07, 6.45) is 4.73. The van der Waals surface area contributed by atoms with Crippen molar-refractivity contribution >= 4 is 5.78 Å². The molecule has 2 aliphatic carbocycles. The van der Waals surface area contributed by atoms with E-state index < -0.39 is 11.7 Å². The molecule has 1 aromatic rings. The summed E-state index contributed by atoms with van der Waals surface area (Å²) < 4.78 is 38.7. The summed E-state index contributed by atoms with van der Waals surface area (Å²) in [5.41, 5.74) is 0.294. The highest BCUT2D eigenvalue weighted by molar-refractivity contribution is 5.97. The van der Waals surface area contributed by atoms with E-state index in [2.05, 4.69) is 5.32 Å². The van der Waals surface area contributed by atoms with Crippen molar-refractivity contribution in [3.63, 3.8) is 0 Å². The lowest BCUT2D eigenvalue weighted by Crippen LogP contribution is -2.39. The molecule has 0 aromatic heterocycles. The topological polar surface area (TPSA) is 29.1 Å². The van der Waals surface area contributed by atoms with Gasteiger partial charge in [0, 0.05) is 24.1 Å². The van der Waals surface area contributed by atoms with Crippen molar-refractivity contribution < 1.29 is 18.0 Å². The molecule has 0 unspecified atom stereocenters. The minimum Gasteiger partial charge on any atom is -0.311 e. The van der Waals surface area contributed by atoms with Crippen molar-refractivity contribution in [3.8, 4) is 0 Å². The number of hydrogen-bond donors (Lipinski definition) is 1. The Hall–Kier alpha value is -1.36. The fourth-order valence-corrected chi connectivity index (χ4v) is 4.58. The quantitative estimate of drug-likeness (QED) is 0.669. The maximum absolute atomic E-state index is 12.9. The zero-order valence-corrected chi connectivity index (χ0v) is 15.4. The van der Waals surface area contributed by atoms with Crippen LogP contribution in [-0.4, -0.2) is 17.9 Å². The Labute approximate surface area is 153 Å². The Kier molecular flexibility index (Phi) is 6.06. The second-order valence-electron chi connectivity index (χ2n) is 7.80. The molecule has 2 fully saturated rings. The number of rotatable bonds is 6. The molecule has 0 spiro atoms. The summed E-state index contributed by atoms with van der Waals surface area (Å²) in [5, 5.41) is 3.74. The van der Waals surface area contributed by atoms with Crippen LogP contribution in [0, 0.1) is 5.92 Å². The number of aryl methyl sites for hydroxylation is 1. The molecule has 0 heterocycles. The molecule has 0 bridgehead atoms. The molecule has 2 atom stereocenters. The molecule has 2 nitrogen and oxygen atoms in total. The van der Waals surface area contributed by atoms with Crippen molar-refractivity contribution in [2.45, 2.75) is 83.0 Å². The number of ketones is 1. The molecule has 26 heavy (non-hydrogen) atoms. The normalized spacial score (nSPS) is 24.3. The summed E-state index contributed by atoms with van der Waals surface area (Å²) in [6, 6.07) is 4.50. The van der Waals surface area contributed by atoms with Gasteiger partial charge in [-0.25, -0.2) is 0 Å². The summed E-state index contributed by atoms with van der Waals surface area (Å²) in [4.78, 5) is 12.8. The second-order valence-corrected chi connectivity index (χ2v) is 7.80. The molecule has 2 aliphatic rings. The average molecular weight is 367 g/mol. The van der Waals surface area contributed by atoms with E-state index in [1.165, 1.54) is 31.7 Å². The number of benzene rings is 1. The Morgan fingerprint density at radius 1 is 1.12 bits per heavy atom. The first kappa shape index (κ1) is 19.4. The Balaban J connectivity index is 1.68. The van der Waals surface area contributed by atoms with Crippen molar-refractivity contribution in [1.82, 2.24) is 5.32 Å². The van der Waals surface area contributed by atoms with E-state index in [1.54, 1.807) is 6.92 Å². The van der Waals surface area contributed by atoms with Crippen LogP contribution in [0.25, 0.3) is 0 Å². The number of carbonyl (C=O) groups is 1. The lowest BCUT2D eigenvalue weighted by atomic mass is 9.90. The number of alkyl halides is 3. The van der Waals surface area contributed by atoms with Crippen LogP contribution in [0.1, 0.15) is 79.8 Å². The Bertz CT molecular complexity index is 635. The predicted octanol–water partition coefficient (Wildman–Crippen LogP) is 5.54. The van der Waals surface area contributed by atoms with Gasteiger partial charge in [-0.3, -0.25) is 4.79 Å². The lowest BCUT2D eigenvalue weighted by molar-refractivity contribution is -0.137. The molecule has 5 heteroatoms. The van der Waals surface area contributed by atoms with Gasteiger partial charge in [0.15, 0.2) is 5.78 Å². The van der Waals surface area contributed by atoms with Crippen LogP contribution in [0.15, 0.2) is 18.2 Å². The van der Waals surface area contributed by atoms with Gasteiger partial charge in [0.25, 0.3) is 0 Å². The van der Waals surface area contributed by atoms with E-state index in [0.29, 0.717) is 42.0 Å². The maximum atomic E-state index is 12.9. The van der Waals surface area contributed by atoms with Gasteiger partial charge in [-0.1, -0.05) is 32.3 Å². The SMILES string of the molecule is CCc1cc(C(F)(F)F)ccc1C(=O)C[C@H]1CCC[C@H]1NC1CCCC1. The van der Waals surface area contributed by atoms with Gasteiger partial charge in [0.05, 0.1) is 5.56 Å². The lowest BCUT2D eigenvalue weighted by Gasteiger charge is -2.24. The van der Waals surface area contributed by atoms with Gasteiger partial charge in [0.2, 0.25) is 0 Å². The van der Waals surface area contributed by atoms with Crippen molar-refractivity contribution in [3.05, 3.63) is 34.9 Å². The standard InChI is InChI=1S/C21H28F3NO/c1-2-14-12-16(21(22,23)24)10-11-18(14)20(26)13-15-6-5-9-19(15)25-17-7-3-4-8-17/h10-12,15,17,19,25H,2-9,13H2,1H3/t15-,19-/m1/s1. The van der Waals surface area contributed by atoms with Crippen molar-refractivity contribution in [2.24, 2.45) is 5.92 Å². The first-order valence-electron chi connectivity index (χ1n) is 9.88. The first-order valence-corrected chi connectivity index (χ1v) is 9.88. The fraction of sp³-hybridized carbons (Fsp3) is 0.667. The predicted molar refractivity (Wildman–Crippen MR) is 96.3 cm³/mol. The zero-order chi connectivity index (χ0) is 18.7. The molecule has 3 rings (SSSR count). The van der Waals surface area contributed by atoms with Crippen LogP contribution in [0.2, 0.25) is 0 Å². The molecule has 144 valence electrons. The first-order chi connectivity index (χ1) is 12.4. The van der Waals surface area contributed by atoms with Crippen molar-refractivity contribution in [1.29, 1.82) is 0 Å². The van der Waals surface area contributed by atoms with Crippen LogP contribution in [-0.2, 0) is 12.6 Å². The van der Waals surface area contributed by atoms with Gasteiger partial charge in [0.1, 0.15) is 0 Å². The molecular weight excluding hydrogens is 339 g/mol. The van der Waals surface area contributed by atoms with Crippen LogP contribution in [0.5, 0.6) is 0 Å². The van der Waals surface area contributed by atoms with Crippen LogP contribution < -0.4 is 5.32 Å². The smallest absolute Gasteiger partial charge is 0.311 e. The summed E-state index contributed by atoms with van der Waals surface area (Å²) >= 11 is 0. The number of halogens is 3. The van der Waals surface area contributed by atoms with E-state index in [9.17, 15) is 18.0 Å². The van der Waals surface area contributed by atoms with E-state index in [0.717, 1.165) is 31.4 Å². The third-order valence-corrected chi connectivity index (χ3v) is 6.03. The molecule has 1 aromatic carbocycles. The average Bonchev–Trinajstić information content (AvgIpc) is 3.26. The highest BCUT2D eigenvalue weighted by Crippen LogP contribution is 2.34. The molecule has 0 radical (unpaired) electrons. The van der Waals surface area contributed by atoms with E-state index in [-0.39, 0.29) is 5.78 Å². The number of nitrogens with one attached hydrogen (secondary N) is 1. The third-order valence-electron chi connectivity index (χ3n) is 6.03. The maximum Gasteiger partial charge on any atom is 0.416 e. The second kappa shape index (κ2) is 8.12. The van der Waals surface area contributed by atoms with Gasteiger partial charge >= 0.3 is 6.18 Å². The number of carbonyl (C=O) groups excluding carboxylic acids is 1. The minimum absolute atomic E-state index is 0.0132. The molecule has 0 aliphatic heterocycles. The van der Waals surface area contributed by atoms with Gasteiger partial charge < -0.3 is 5.32 Å². The third kappa shape index (κ3) is 4.48. The van der Waals surface area contributed by atoms with Gasteiger partial charge in [-0.2, -0.15) is 13.2 Å². The number of hydrogen-bond acceptors (Lipinski definition) is 2. The molecule has 0 amide bonds. The largest absolute Gasteiger partial charge is 0.416 e. The van der Waals surface area contributed by atoms with E-state index in [1.807, 2.05) is 0 Å². The summed E-state index contributed by atoms with van der Waals surface area (Å²) in [7, 11) is 0. The minimum atomic E-state index is -4.37. The Morgan fingerprint density at radius 2 is 1.85 bits per heavy atom. The van der Waals surface area contributed by atoms with Crippen LogP contribution in [0.4, 0.5) is 13.2 Å². The van der Waals surface area contributed by atoms with E-state index >= 15 is 0 Å². The summed E-state index contributed by atoms with van der Waals surface area (Å²) in [5.74, 6) is 0.288. The molecular formula is C21H28F3NO. The van der Waals surface area contributed by atoms with Gasteiger partial charge in [-0.05, 0) is 55.7 Å². The highest BCUT2D eigenvalue weighted by atomic mass is 19.4. The van der Waals surface area contributed by atoms with Crippen LogP contribution >= 0.6 is 0 Å². The number of Topliss-reactive ketones (excluding diaryl/α,β-unsaturated/α-hetero) is 1. The van der Waals surface area contributed by atoms with E-state index in [4.69, 9.17) is 0 Å². The fourth-order valence-electron chi connectivity index (χ4n) is 4.58. The van der Waals surface area contributed by atoms with Crippen LogP contribution in [0.3, 0.4) is 0 Å². The Morgan fingerprint density at radius 3 is 2.50 bits per heavy atom.